The Hall–Kier alpha value is -3.53. The Morgan fingerprint density at radius 2 is 2.00 bits per heavy atom. The first-order valence-corrected chi connectivity index (χ1v) is 10.9. The van der Waals surface area contributed by atoms with Gasteiger partial charge in [-0.1, -0.05) is 0 Å². The molecule has 1 fully saturated rings. The highest BCUT2D eigenvalue weighted by molar-refractivity contribution is 6.18. The van der Waals surface area contributed by atoms with E-state index >= 15 is 4.39 Å². The van der Waals surface area contributed by atoms with Gasteiger partial charge in [-0.15, -0.1) is 0 Å². The van der Waals surface area contributed by atoms with Gasteiger partial charge in [-0.25, -0.2) is 23.7 Å². The third kappa shape index (κ3) is 3.50. The SMILES string of the molecule is CCNc1cc(F)c(F)c2c1[nH]c1ncc(-c3cnc(OC)nc3)c(N3CCC(CN)C3)c12. The lowest BCUT2D eigenvalue weighted by Gasteiger charge is -2.23. The van der Waals surface area contributed by atoms with E-state index in [4.69, 9.17) is 10.5 Å². The van der Waals surface area contributed by atoms with E-state index in [1.807, 2.05) is 6.92 Å². The summed E-state index contributed by atoms with van der Waals surface area (Å²) >= 11 is 0. The van der Waals surface area contributed by atoms with Gasteiger partial charge in [0, 0.05) is 55.4 Å². The number of hydrogen-bond donors (Lipinski definition) is 3. The lowest BCUT2D eigenvalue weighted by molar-refractivity contribution is 0.380. The molecule has 0 amide bonds. The van der Waals surface area contributed by atoms with Gasteiger partial charge in [-0.05, 0) is 25.8 Å². The number of nitrogens with two attached hydrogens (primary N) is 1. The number of H-pyrrole nitrogens is 1. The normalized spacial score (nSPS) is 16.2. The molecular weight excluding hydrogens is 428 g/mol. The Morgan fingerprint density at radius 3 is 2.67 bits per heavy atom. The van der Waals surface area contributed by atoms with E-state index in [2.05, 4.69) is 30.2 Å². The van der Waals surface area contributed by atoms with Crippen LogP contribution in [0.4, 0.5) is 20.2 Å². The highest BCUT2D eigenvalue weighted by Gasteiger charge is 2.29. The molecular formula is C23H25F2N7O. The summed E-state index contributed by atoms with van der Waals surface area (Å²) < 4.78 is 35.0. The molecule has 1 aliphatic rings. The van der Waals surface area contributed by atoms with Crippen LogP contribution in [0.5, 0.6) is 6.01 Å². The van der Waals surface area contributed by atoms with E-state index in [1.54, 1.807) is 18.6 Å². The third-order valence-corrected chi connectivity index (χ3v) is 6.19. The van der Waals surface area contributed by atoms with Gasteiger partial charge in [0.1, 0.15) is 5.65 Å². The standard InChI is InChI=1S/C23H25F2N7O/c1-3-27-16-6-15(24)19(25)17-18-21(32-5-4-12(7-26)11-32)14(10-28-22(18)31-20(16)17)13-8-29-23(33-2)30-9-13/h6,8-10,12,27H,3-5,7,11,26H2,1-2H3,(H,28,31). The summed E-state index contributed by atoms with van der Waals surface area (Å²) in [4.78, 5) is 18.4. The highest BCUT2D eigenvalue weighted by atomic mass is 19.2. The van der Waals surface area contributed by atoms with Crippen molar-refractivity contribution >= 4 is 33.3 Å². The maximum Gasteiger partial charge on any atom is 0.316 e. The number of aromatic amines is 1. The van der Waals surface area contributed by atoms with Crippen LogP contribution in [0.2, 0.25) is 0 Å². The third-order valence-electron chi connectivity index (χ3n) is 6.19. The van der Waals surface area contributed by atoms with Crippen LogP contribution in [0.3, 0.4) is 0 Å². The molecule has 1 aromatic carbocycles. The van der Waals surface area contributed by atoms with Crippen molar-refractivity contribution in [2.75, 3.05) is 43.5 Å². The Bertz CT molecular complexity index is 1320. The molecule has 0 spiro atoms. The van der Waals surface area contributed by atoms with E-state index in [1.165, 1.54) is 13.2 Å². The zero-order chi connectivity index (χ0) is 23.1. The van der Waals surface area contributed by atoms with Gasteiger partial charge >= 0.3 is 6.01 Å². The topological polar surface area (TPSA) is 105 Å². The molecule has 0 aliphatic carbocycles. The monoisotopic (exact) mass is 453 g/mol. The molecule has 1 aliphatic heterocycles. The molecule has 33 heavy (non-hydrogen) atoms. The van der Waals surface area contributed by atoms with E-state index < -0.39 is 11.6 Å². The predicted molar refractivity (Wildman–Crippen MR) is 125 cm³/mol. The molecule has 4 aromatic rings. The van der Waals surface area contributed by atoms with Crippen molar-refractivity contribution in [1.29, 1.82) is 0 Å². The van der Waals surface area contributed by atoms with Crippen LogP contribution in [0.15, 0.2) is 24.7 Å². The summed E-state index contributed by atoms with van der Waals surface area (Å²) in [6, 6.07) is 1.42. The molecule has 172 valence electrons. The van der Waals surface area contributed by atoms with Gasteiger partial charge < -0.3 is 25.7 Å². The number of fused-ring (bicyclic) bond motifs is 3. The Morgan fingerprint density at radius 1 is 1.21 bits per heavy atom. The first-order chi connectivity index (χ1) is 16.0. The average Bonchev–Trinajstić information content (AvgIpc) is 3.47. The van der Waals surface area contributed by atoms with Crippen molar-refractivity contribution < 1.29 is 13.5 Å². The van der Waals surface area contributed by atoms with Crippen LogP contribution < -0.4 is 20.7 Å². The molecule has 1 atom stereocenters. The first kappa shape index (κ1) is 21.3. The molecule has 0 radical (unpaired) electrons. The maximum absolute atomic E-state index is 15.3. The van der Waals surface area contributed by atoms with Crippen LogP contribution in [0, 0.1) is 17.6 Å². The highest BCUT2D eigenvalue weighted by Crippen LogP contribution is 2.44. The zero-order valence-electron chi connectivity index (χ0n) is 18.5. The summed E-state index contributed by atoms with van der Waals surface area (Å²) in [6.07, 6.45) is 5.92. The number of benzene rings is 1. The zero-order valence-corrected chi connectivity index (χ0v) is 18.5. The van der Waals surface area contributed by atoms with Crippen LogP contribution in [-0.2, 0) is 0 Å². The molecule has 3 aromatic heterocycles. The molecule has 1 saturated heterocycles. The van der Waals surface area contributed by atoms with Gasteiger partial charge in [-0.3, -0.25) is 0 Å². The number of anilines is 2. The molecule has 0 bridgehead atoms. The average molecular weight is 453 g/mol. The lowest BCUT2D eigenvalue weighted by atomic mass is 10.0. The second kappa shape index (κ2) is 8.43. The summed E-state index contributed by atoms with van der Waals surface area (Å²) in [5, 5.41) is 3.83. The fourth-order valence-corrected chi connectivity index (χ4v) is 4.60. The molecule has 10 heteroatoms. The largest absolute Gasteiger partial charge is 0.467 e. The summed E-state index contributed by atoms with van der Waals surface area (Å²) in [5.74, 6) is -1.50. The summed E-state index contributed by atoms with van der Waals surface area (Å²) in [7, 11) is 1.50. The molecule has 8 nitrogen and oxygen atoms in total. The maximum atomic E-state index is 15.3. The Kier molecular flexibility index (Phi) is 5.45. The second-order valence-electron chi connectivity index (χ2n) is 8.16. The number of nitrogens with zero attached hydrogens (tertiary/aromatic N) is 4. The van der Waals surface area contributed by atoms with E-state index in [-0.39, 0.29) is 11.4 Å². The minimum absolute atomic E-state index is 0.177. The number of aromatic nitrogens is 4. The number of nitrogens with one attached hydrogen (secondary N) is 2. The molecule has 1 unspecified atom stereocenters. The number of pyridine rings is 1. The molecule has 4 N–H and O–H groups in total. The van der Waals surface area contributed by atoms with Crippen molar-refractivity contribution in [2.45, 2.75) is 13.3 Å². The quantitative estimate of drug-likeness (QED) is 0.409. The summed E-state index contributed by atoms with van der Waals surface area (Å²) in [5.41, 5.74) is 9.60. The molecule has 5 rings (SSSR count). The van der Waals surface area contributed by atoms with Crippen molar-refractivity contribution in [3.63, 3.8) is 0 Å². The predicted octanol–water partition coefficient (Wildman–Crippen LogP) is 3.68. The van der Waals surface area contributed by atoms with Crippen molar-refractivity contribution in [3.8, 4) is 17.1 Å². The Labute approximate surface area is 189 Å². The fraction of sp³-hybridized carbons (Fsp3) is 0.348. The number of rotatable bonds is 6. The van der Waals surface area contributed by atoms with Crippen LogP contribution in [0.25, 0.3) is 33.1 Å². The van der Waals surface area contributed by atoms with Crippen LogP contribution in [0.1, 0.15) is 13.3 Å². The fourth-order valence-electron chi connectivity index (χ4n) is 4.60. The number of halogens is 2. The van der Waals surface area contributed by atoms with E-state index in [9.17, 15) is 4.39 Å². The first-order valence-electron chi connectivity index (χ1n) is 10.9. The van der Waals surface area contributed by atoms with Crippen LogP contribution in [-0.4, -0.2) is 53.2 Å². The van der Waals surface area contributed by atoms with Crippen molar-refractivity contribution in [3.05, 3.63) is 36.3 Å². The van der Waals surface area contributed by atoms with E-state index in [0.29, 0.717) is 53.4 Å². The van der Waals surface area contributed by atoms with Crippen molar-refractivity contribution in [1.82, 2.24) is 19.9 Å². The number of hydrogen-bond acceptors (Lipinski definition) is 7. The summed E-state index contributed by atoms with van der Waals surface area (Å²) in [6.45, 7) is 4.48. The minimum Gasteiger partial charge on any atom is -0.467 e. The van der Waals surface area contributed by atoms with Crippen LogP contribution >= 0.6 is 0 Å². The number of methoxy groups -OCH3 is 1. The smallest absolute Gasteiger partial charge is 0.316 e. The second-order valence-corrected chi connectivity index (χ2v) is 8.16. The molecule has 0 saturated carbocycles. The number of ether oxygens (including phenoxy) is 1. The molecule has 4 heterocycles. The minimum atomic E-state index is -0.912. The lowest BCUT2D eigenvalue weighted by Crippen LogP contribution is -2.23. The van der Waals surface area contributed by atoms with Crippen molar-refractivity contribution in [2.24, 2.45) is 11.7 Å². The van der Waals surface area contributed by atoms with Gasteiger partial charge in [-0.2, -0.15) is 0 Å². The van der Waals surface area contributed by atoms with E-state index in [0.717, 1.165) is 24.2 Å². The Balaban J connectivity index is 1.84. The van der Waals surface area contributed by atoms with Gasteiger partial charge in [0.15, 0.2) is 11.6 Å². The van der Waals surface area contributed by atoms with Gasteiger partial charge in [0.2, 0.25) is 0 Å². The van der Waals surface area contributed by atoms with Gasteiger partial charge in [0.05, 0.1) is 34.8 Å². The van der Waals surface area contributed by atoms with Gasteiger partial charge in [0.25, 0.3) is 0 Å².